The highest BCUT2D eigenvalue weighted by Gasteiger charge is 2.31. The highest BCUT2D eigenvalue weighted by Crippen LogP contribution is 2.40. The smallest absolute Gasteiger partial charge is 0.141 e. The van der Waals surface area contributed by atoms with E-state index in [1.54, 1.807) is 0 Å². The largest absolute Gasteiger partial charge is 0.456 e. The first-order valence-electron chi connectivity index (χ1n) is 17.3. The summed E-state index contributed by atoms with van der Waals surface area (Å²) in [5, 5.41) is 18.7. The second-order valence-corrected chi connectivity index (χ2v) is 14.5. The van der Waals surface area contributed by atoms with Crippen LogP contribution in [0.15, 0.2) is 160 Å². The van der Waals surface area contributed by atoms with Gasteiger partial charge < -0.3 is 8.83 Å². The van der Waals surface area contributed by atoms with E-state index < -0.39 is 0 Å². The van der Waals surface area contributed by atoms with Crippen molar-refractivity contribution in [3.05, 3.63) is 168 Å². The van der Waals surface area contributed by atoms with E-state index in [0.717, 1.165) is 60.6 Å². The van der Waals surface area contributed by atoms with Crippen molar-refractivity contribution in [3.63, 3.8) is 0 Å². The average Bonchev–Trinajstić information content (AvgIpc) is 3.88. The summed E-state index contributed by atoms with van der Waals surface area (Å²) in [6.07, 6.45) is -0.364. The van der Waals surface area contributed by atoms with Gasteiger partial charge in [-0.1, -0.05) is 109 Å². The van der Waals surface area contributed by atoms with Gasteiger partial charge in [-0.3, -0.25) is 16.0 Å². The molecule has 3 unspecified atom stereocenters. The van der Waals surface area contributed by atoms with Crippen LogP contribution in [0.2, 0.25) is 0 Å². The molecule has 3 atom stereocenters. The lowest BCUT2D eigenvalue weighted by molar-refractivity contribution is 0.203. The molecule has 10 aromatic rings. The monoisotopic (exact) mass is 677 g/mol. The van der Waals surface area contributed by atoms with Crippen LogP contribution in [0, 0.1) is 0 Å². The summed E-state index contributed by atoms with van der Waals surface area (Å²) >= 11 is 1.85. The van der Waals surface area contributed by atoms with Gasteiger partial charge in [0.05, 0.1) is 18.5 Å². The minimum absolute atomic E-state index is 0.0827. The summed E-state index contributed by atoms with van der Waals surface area (Å²) in [4.78, 5) is 0. The molecular weight excluding hydrogens is 647 g/mol. The first kappa shape index (κ1) is 29.0. The number of benzene rings is 7. The molecule has 6 heteroatoms. The van der Waals surface area contributed by atoms with E-state index in [4.69, 9.17) is 8.83 Å². The van der Waals surface area contributed by atoms with E-state index in [2.05, 4.69) is 155 Å². The van der Waals surface area contributed by atoms with Gasteiger partial charge in [0.1, 0.15) is 22.3 Å². The molecule has 0 amide bonds. The zero-order chi connectivity index (χ0) is 33.5. The van der Waals surface area contributed by atoms with E-state index in [0.29, 0.717) is 0 Å². The van der Waals surface area contributed by atoms with Gasteiger partial charge in [-0.25, -0.2) is 0 Å². The lowest BCUT2D eigenvalue weighted by Gasteiger charge is -2.39. The van der Waals surface area contributed by atoms with Crippen LogP contribution in [0.4, 0.5) is 0 Å². The lowest BCUT2D eigenvalue weighted by atomic mass is 9.99. The highest BCUT2D eigenvalue weighted by molar-refractivity contribution is 7.25. The lowest BCUT2D eigenvalue weighted by Crippen LogP contribution is -2.54. The van der Waals surface area contributed by atoms with Crippen LogP contribution in [-0.2, 0) is 0 Å². The Morgan fingerprint density at radius 1 is 0.392 bits per heavy atom. The molecule has 3 aromatic heterocycles. The molecular formula is C45H31N3O2S. The number of rotatable bonds is 4. The van der Waals surface area contributed by atoms with Gasteiger partial charge >= 0.3 is 0 Å². The summed E-state index contributed by atoms with van der Waals surface area (Å²) in [5.74, 6) is 0. The summed E-state index contributed by atoms with van der Waals surface area (Å²) in [6.45, 7) is 0. The maximum atomic E-state index is 6.70. The molecule has 1 aliphatic heterocycles. The second-order valence-electron chi connectivity index (χ2n) is 13.4. The van der Waals surface area contributed by atoms with Gasteiger partial charge in [-0.2, -0.15) is 0 Å². The molecule has 1 saturated heterocycles. The third-order valence-corrected chi connectivity index (χ3v) is 11.6. The number of nitrogens with one attached hydrogen (secondary N) is 3. The number of para-hydroxylation sites is 2. The Morgan fingerprint density at radius 3 is 1.86 bits per heavy atom. The summed E-state index contributed by atoms with van der Waals surface area (Å²) in [5.41, 5.74) is 9.31. The van der Waals surface area contributed by atoms with Crippen LogP contribution in [-0.4, -0.2) is 0 Å². The maximum absolute atomic E-state index is 6.70. The SMILES string of the molecule is c1ccc(C2NC(c3ccc4c(c3)sc3ccccc34)NC(c3cccc4c3oc3ccc(-c5ccc6oc7ccccc7c6c5)cc34)N2)cc1. The standard InChI is InChI=1S/C45H31N3O2S/c1-2-9-26(10-3-1)43-46-44(29-17-20-32-31-12-5-7-16-40(31)51-41(32)25-29)48-45(47-43)34-14-8-13-33-36-24-28(19-22-39(36)50-42(33)34)27-18-21-38-35(23-27)30-11-4-6-15-37(30)49-38/h1-25,43-48H. The molecule has 0 saturated carbocycles. The van der Waals surface area contributed by atoms with E-state index in [1.807, 2.05) is 23.5 Å². The Labute approximate surface area is 297 Å². The van der Waals surface area contributed by atoms with Crippen LogP contribution >= 0.6 is 11.3 Å². The topological polar surface area (TPSA) is 62.4 Å². The fraction of sp³-hybridized carbons (Fsp3) is 0.0667. The Bertz CT molecular complexity index is 2940. The predicted molar refractivity (Wildman–Crippen MR) is 210 cm³/mol. The molecule has 11 rings (SSSR count). The summed E-state index contributed by atoms with van der Waals surface area (Å²) in [6, 6.07) is 53.8. The molecule has 1 aliphatic rings. The molecule has 7 aromatic carbocycles. The first-order chi connectivity index (χ1) is 25.2. The van der Waals surface area contributed by atoms with Gasteiger partial charge in [-0.05, 0) is 64.7 Å². The molecule has 3 N–H and O–H groups in total. The molecule has 0 spiro atoms. The highest BCUT2D eigenvalue weighted by atomic mass is 32.1. The van der Waals surface area contributed by atoms with Gasteiger partial charge in [0.15, 0.2) is 0 Å². The van der Waals surface area contributed by atoms with E-state index in [1.165, 1.54) is 31.3 Å². The van der Waals surface area contributed by atoms with Crippen molar-refractivity contribution < 1.29 is 8.83 Å². The molecule has 0 aliphatic carbocycles. The Morgan fingerprint density at radius 2 is 1.02 bits per heavy atom. The average molecular weight is 678 g/mol. The van der Waals surface area contributed by atoms with Crippen molar-refractivity contribution in [2.75, 3.05) is 0 Å². The van der Waals surface area contributed by atoms with Gasteiger partial charge in [-0.15, -0.1) is 11.3 Å². The first-order valence-corrected chi connectivity index (χ1v) is 18.2. The van der Waals surface area contributed by atoms with Crippen LogP contribution in [0.5, 0.6) is 0 Å². The van der Waals surface area contributed by atoms with Crippen molar-refractivity contribution >= 4 is 75.4 Å². The van der Waals surface area contributed by atoms with Gasteiger partial charge in [0.2, 0.25) is 0 Å². The minimum Gasteiger partial charge on any atom is -0.456 e. The zero-order valence-electron chi connectivity index (χ0n) is 27.4. The Balaban J connectivity index is 0.999. The van der Waals surface area contributed by atoms with Crippen LogP contribution < -0.4 is 16.0 Å². The fourth-order valence-electron chi connectivity index (χ4n) is 7.91. The molecule has 0 radical (unpaired) electrons. The van der Waals surface area contributed by atoms with Crippen molar-refractivity contribution in [2.24, 2.45) is 0 Å². The van der Waals surface area contributed by atoms with E-state index in [-0.39, 0.29) is 18.5 Å². The predicted octanol–water partition coefficient (Wildman–Crippen LogP) is 11.7. The van der Waals surface area contributed by atoms with E-state index in [9.17, 15) is 0 Å². The molecule has 1 fully saturated rings. The fourth-order valence-corrected chi connectivity index (χ4v) is 9.06. The number of hydrogen-bond acceptors (Lipinski definition) is 6. The molecule has 4 heterocycles. The van der Waals surface area contributed by atoms with Crippen LogP contribution in [0.25, 0.3) is 75.2 Å². The van der Waals surface area contributed by atoms with Gasteiger partial charge in [0, 0.05) is 47.3 Å². The van der Waals surface area contributed by atoms with Crippen LogP contribution in [0.3, 0.4) is 0 Å². The third kappa shape index (κ3) is 4.73. The maximum Gasteiger partial charge on any atom is 0.141 e. The number of furan rings is 2. The van der Waals surface area contributed by atoms with Crippen LogP contribution in [0.1, 0.15) is 35.2 Å². The Kier molecular flexibility index (Phi) is 6.48. The van der Waals surface area contributed by atoms with Crippen molar-refractivity contribution in [2.45, 2.75) is 18.5 Å². The number of hydrogen-bond donors (Lipinski definition) is 3. The van der Waals surface area contributed by atoms with Gasteiger partial charge in [0.25, 0.3) is 0 Å². The summed E-state index contributed by atoms with van der Waals surface area (Å²) < 4.78 is 15.4. The van der Waals surface area contributed by atoms with Crippen molar-refractivity contribution in [3.8, 4) is 11.1 Å². The minimum atomic E-state index is -0.180. The molecule has 5 nitrogen and oxygen atoms in total. The van der Waals surface area contributed by atoms with E-state index >= 15 is 0 Å². The normalized spacial score (nSPS) is 18.2. The van der Waals surface area contributed by atoms with Crippen molar-refractivity contribution in [1.82, 2.24) is 16.0 Å². The second kappa shape index (κ2) is 11.4. The quantitative estimate of drug-likeness (QED) is 0.173. The third-order valence-electron chi connectivity index (χ3n) is 10.4. The van der Waals surface area contributed by atoms with Crippen molar-refractivity contribution in [1.29, 1.82) is 0 Å². The number of fused-ring (bicyclic) bond motifs is 9. The molecule has 244 valence electrons. The zero-order valence-corrected chi connectivity index (χ0v) is 28.2. The Hall–Kier alpha value is -5.76. The summed E-state index contributed by atoms with van der Waals surface area (Å²) in [7, 11) is 0. The molecule has 0 bridgehead atoms. The molecule has 51 heavy (non-hydrogen) atoms. The number of thiophene rings is 1.